The molecule has 0 bridgehead atoms. The van der Waals surface area contributed by atoms with Crippen LogP contribution in [-0.2, 0) is 12.0 Å². The fourth-order valence-electron chi connectivity index (χ4n) is 5.00. The highest BCUT2D eigenvalue weighted by Crippen LogP contribution is 2.54. The molecule has 2 atom stereocenters. The Morgan fingerprint density at radius 3 is 2.69 bits per heavy atom. The van der Waals surface area contributed by atoms with Crippen LogP contribution in [0, 0.1) is 17.2 Å². The summed E-state index contributed by atoms with van der Waals surface area (Å²) in [6.45, 7) is 7.17. The van der Waals surface area contributed by atoms with Crippen LogP contribution in [0.1, 0.15) is 56.5 Å². The Kier molecular flexibility index (Phi) is 6.31. The zero-order valence-corrected chi connectivity index (χ0v) is 20.9. The Labute approximate surface area is 211 Å². The number of fused-ring (bicyclic) bond motifs is 1. The van der Waals surface area contributed by atoms with Crippen molar-refractivity contribution < 1.29 is 9.53 Å². The van der Waals surface area contributed by atoms with E-state index in [-0.39, 0.29) is 18.1 Å². The monoisotopic (exact) mass is 484 g/mol. The molecule has 1 aliphatic heterocycles. The minimum absolute atomic E-state index is 0.0574. The van der Waals surface area contributed by atoms with Gasteiger partial charge >= 0.3 is 6.03 Å². The third-order valence-corrected chi connectivity index (χ3v) is 6.93. The van der Waals surface area contributed by atoms with Gasteiger partial charge in [-0.05, 0) is 68.9 Å². The zero-order valence-electron chi connectivity index (χ0n) is 20.9. The number of H-pyrrole nitrogens is 1. The SMILES string of the molecule is CC(C)NC(=O)Nc1ccc(C2N(CC3CC3)c3cc(OCc4cnc[nH]4)ccc3C2(C)C#N)cc1. The lowest BCUT2D eigenvalue weighted by Crippen LogP contribution is -2.36. The smallest absolute Gasteiger partial charge is 0.319 e. The number of ether oxygens (including phenoxy) is 1. The predicted molar refractivity (Wildman–Crippen MR) is 139 cm³/mol. The summed E-state index contributed by atoms with van der Waals surface area (Å²) in [7, 11) is 0. The molecule has 3 N–H and O–H groups in total. The van der Waals surface area contributed by atoms with Gasteiger partial charge in [-0.15, -0.1) is 0 Å². The van der Waals surface area contributed by atoms with Crippen LogP contribution < -0.4 is 20.3 Å². The number of nitrogens with zero attached hydrogens (tertiary/aromatic N) is 3. The fourth-order valence-corrected chi connectivity index (χ4v) is 5.00. The average Bonchev–Trinajstić information content (AvgIpc) is 3.45. The highest BCUT2D eigenvalue weighted by atomic mass is 16.5. The number of hydrogen-bond acceptors (Lipinski definition) is 5. The molecule has 2 aromatic carbocycles. The van der Waals surface area contributed by atoms with E-state index in [1.807, 2.05) is 57.2 Å². The van der Waals surface area contributed by atoms with Crippen LogP contribution in [0.15, 0.2) is 55.0 Å². The first-order valence-corrected chi connectivity index (χ1v) is 12.5. The Morgan fingerprint density at radius 2 is 2.06 bits per heavy atom. The molecular weight excluding hydrogens is 452 g/mol. The first kappa shape index (κ1) is 23.7. The number of nitriles is 1. The summed E-state index contributed by atoms with van der Waals surface area (Å²) in [5.41, 5.74) is 4.01. The number of anilines is 2. The standard InChI is InChI=1S/C28H32N6O2/c1-18(2)32-27(35)33-21-8-6-20(7-9-21)26-28(3,16-29)24-11-10-23(36-15-22-13-30-17-31-22)12-25(24)34(26)14-19-4-5-19/h6-13,17-19,26H,4-5,14-15H2,1-3H3,(H,30,31)(H2,32,33,35). The van der Waals surface area contributed by atoms with E-state index in [9.17, 15) is 10.1 Å². The van der Waals surface area contributed by atoms with Gasteiger partial charge in [0.25, 0.3) is 0 Å². The number of carbonyl (C=O) groups excluding carboxylic acids is 1. The Hall–Kier alpha value is -3.99. The molecule has 5 rings (SSSR count). The molecule has 0 radical (unpaired) electrons. The van der Waals surface area contributed by atoms with E-state index in [4.69, 9.17) is 4.74 Å². The maximum atomic E-state index is 12.1. The lowest BCUT2D eigenvalue weighted by Gasteiger charge is -2.33. The quantitative estimate of drug-likeness (QED) is 0.404. The van der Waals surface area contributed by atoms with Crippen molar-refractivity contribution in [1.82, 2.24) is 15.3 Å². The van der Waals surface area contributed by atoms with Crippen molar-refractivity contribution in [3.63, 3.8) is 0 Å². The summed E-state index contributed by atoms with van der Waals surface area (Å²) >= 11 is 0. The summed E-state index contributed by atoms with van der Waals surface area (Å²) < 4.78 is 6.04. The van der Waals surface area contributed by atoms with E-state index in [1.54, 1.807) is 12.5 Å². The number of benzene rings is 2. The molecule has 2 amide bonds. The molecule has 0 spiro atoms. The van der Waals surface area contributed by atoms with Crippen molar-refractivity contribution in [1.29, 1.82) is 5.26 Å². The Balaban J connectivity index is 1.44. The molecule has 2 heterocycles. The van der Waals surface area contributed by atoms with Crippen molar-refractivity contribution in [2.75, 3.05) is 16.8 Å². The topological polar surface area (TPSA) is 106 Å². The summed E-state index contributed by atoms with van der Waals surface area (Å²) in [5, 5.41) is 16.2. The van der Waals surface area contributed by atoms with Gasteiger partial charge in [0.05, 0.1) is 30.3 Å². The number of imidazole rings is 1. The third kappa shape index (κ3) is 4.74. The average molecular weight is 485 g/mol. The number of urea groups is 1. The van der Waals surface area contributed by atoms with Gasteiger partial charge in [0.15, 0.2) is 0 Å². The lowest BCUT2D eigenvalue weighted by molar-refractivity contribution is 0.250. The van der Waals surface area contributed by atoms with Gasteiger partial charge in [-0.3, -0.25) is 0 Å². The number of aromatic amines is 1. The van der Waals surface area contributed by atoms with Gasteiger partial charge in [-0.1, -0.05) is 18.2 Å². The molecule has 186 valence electrons. The maximum Gasteiger partial charge on any atom is 0.319 e. The van der Waals surface area contributed by atoms with Crippen LogP contribution in [0.2, 0.25) is 0 Å². The van der Waals surface area contributed by atoms with Crippen LogP contribution >= 0.6 is 0 Å². The number of rotatable bonds is 8. The van der Waals surface area contributed by atoms with Crippen molar-refractivity contribution in [2.45, 2.75) is 57.7 Å². The molecule has 8 heteroatoms. The van der Waals surface area contributed by atoms with Crippen LogP contribution in [-0.4, -0.2) is 28.6 Å². The molecular formula is C28H32N6O2. The fraction of sp³-hybridized carbons (Fsp3) is 0.393. The van der Waals surface area contributed by atoms with E-state index >= 15 is 0 Å². The molecule has 2 aliphatic rings. The van der Waals surface area contributed by atoms with Crippen molar-refractivity contribution >= 4 is 17.4 Å². The molecule has 8 nitrogen and oxygen atoms in total. The molecule has 1 saturated carbocycles. The second kappa shape index (κ2) is 9.57. The van der Waals surface area contributed by atoms with Gasteiger partial charge in [-0.25, -0.2) is 9.78 Å². The number of carbonyl (C=O) groups is 1. The van der Waals surface area contributed by atoms with E-state index in [0.717, 1.165) is 34.8 Å². The Bertz CT molecular complexity index is 1260. The summed E-state index contributed by atoms with van der Waals surface area (Å²) in [6, 6.07) is 16.2. The minimum atomic E-state index is -0.726. The van der Waals surface area contributed by atoms with Gasteiger partial charge < -0.3 is 25.3 Å². The van der Waals surface area contributed by atoms with E-state index < -0.39 is 5.41 Å². The molecule has 1 aliphatic carbocycles. The maximum absolute atomic E-state index is 12.1. The van der Waals surface area contributed by atoms with E-state index in [2.05, 4.69) is 37.6 Å². The summed E-state index contributed by atoms with van der Waals surface area (Å²) in [6.07, 6.45) is 5.82. The van der Waals surface area contributed by atoms with Gasteiger partial charge in [0.2, 0.25) is 0 Å². The number of aromatic nitrogens is 2. The molecule has 1 fully saturated rings. The third-order valence-electron chi connectivity index (χ3n) is 6.93. The number of hydrogen-bond donors (Lipinski definition) is 3. The predicted octanol–water partition coefficient (Wildman–Crippen LogP) is 5.27. The van der Waals surface area contributed by atoms with E-state index in [0.29, 0.717) is 18.2 Å². The Morgan fingerprint density at radius 1 is 1.28 bits per heavy atom. The van der Waals surface area contributed by atoms with Crippen LogP contribution in [0.3, 0.4) is 0 Å². The normalized spacial score (nSPS) is 20.6. The van der Waals surface area contributed by atoms with E-state index in [1.165, 1.54) is 12.8 Å². The lowest BCUT2D eigenvalue weighted by atomic mass is 9.77. The highest BCUT2D eigenvalue weighted by molar-refractivity contribution is 5.89. The first-order chi connectivity index (χ1) is 17.4. The largest absolute Gasteiger partial charge is 0.487 e. The number of amides is 2. The molecule has 0 saturated heterocycles. The molecule has 2 unspecified atom stereocenters. The van der Waals surface area contributed by atoms with Crippen molar-refractivity contribution in [3.05, 3.63) is 71.8 Å². The van der Waals surface area contributed by atoms with Crippen LogP contribution in [0.4, 0.5) is 16.2 Å². The molecule has 1 aromatic heterocycles. The zero-order chi connectivity index (χ0) is 25.3. The first-order valence-electron chi connectivity index (χ1n) is 12.5. The molecule has 36 heavy (non-hydrogen) atoms. The van der Waals surface area contributed by atoms with Crippen LogP contribution in [0.25, 0.3) is 0 Å². The van der Waals surface area contributed by atoms with Gasteiger partial charge in [-0.2, -0.15) is 5.26 Å². The minimum Gasteiger partial charge on any atom is -0.487 e. The van der Waals surface area contributed by atoms with Gasteiger partial charge in [0, 0.05) is 30.0 Å². The van der Waals surface area contributed by atoms with Crippen LogP contribution in [0.5, 0.6) is 5.75 Å². The highest BCUT2D eigenvalue weighted by Gasteiger charge is 2.50. The number of nitrogens with one attached hydrogen (secondary N) is 3. The summed E-state index contributed by atoms with van der Waals surface area (Å²) in [4.78, 5) is 21.6. The summed E-state index contributed by atoms with van der Waals surface area (Å²) in [5.74, 6) is 1.40. The second-order valence-electron chi connectivity index (χ2n) is 10.2. The van der Waals surface area contributed by atoms with Gasteiger partial charge in [0.1, 0.15) is 17.8 Å². The van der Waals surface area contributed by atoms with Crippen molar-refractivity contribution in [2.24, 2.45) is 5.92 Å². The van der Waals surface area contributed by atoms with Crippen molar-refractivity contribution in [3.8, 4) is 11.8 Å². The second-order valence-corrected chi connectivity index (χ2v) is 10.2. The molecule has 3 aromatic rings.